The zero-order valence-corrected chi connectivity index (χ0v) is 22.1. The molecule has 0 unspecified atom stereocenters. The topological polar surface area (TPSA) is 51.1 Å². The lowest BCUT2D eigenvalue weighted by Gasteiger charge is -2.24. The molecule has 0 bridgehead atoms. The summed E-state index contributed by atoms with van der Waals surface area (Å²) in [6.07, 6.45) is 1.88. The number of nitrogens with zero attached hydrogens (tertiary/aromatic N) is 2. The van der Waals surface area contributed by atoms with Gasteiger partial charge in [-0.25, -0.2) is 4.99 Å². The fourth-order valence-electron chi connectivity index (χ4n) is 4.18. The number of aliphatic imine (C=N–C) groups is 1. The molecule has 0 N–H and O–H groups in total. The first-order valence-electron chi connectivity index (χ1n) is 12.4. The van der Waals surface area contributed by atoms with Crippen LogP contribution < -0.4 is 9.47 Å². The molecule has 1 atom stereocenters. The molecule has 6 heteroatoms. The fraction of sp³-hybridized carbons (Fsp3) is 0.125. The largest absolute Gasteiger partial charge is 0.493 e. The Hall–Kier alpha value is -4.29. The fourth-order valence-corrected chi connectivity index (χ4v) is 5.25. The molecule has 0 spiro atoms. The number of benzene rings is 4. The van der Waals surface area contributed by atoms with Crippen molar-refractivity contribution in [3.05, 3.63) is 131 Å². The lowest BCUT2D eigenvalue weighted by atomic mass is 10.1. The van der Waals surface area contributed by atoms with Crippen molar-refractivity contribution in [3.63, 3.8) is 0 Å². The molecule has 1 amide bonds. The Kier molecular flexibility index (Phi) is 7.90. The van der Waals surface area contributed by atoms with Gasteiger partial charge in [-0.1, -0.05) is 84.9 Å². The molecule has 0 saturated carbocycles. The van der Waals surface area contributed by atoms with Gasteiger partial charge in [0.2, 0.25) is 0 Å². The summed E-state index contributed by atoms with van der Waals surface area (Å²) in [5, 5.41) is 0.651. The van der Waals surface area contributed by atoms with Crippen LogP contribution in [0, 0.1) is 0 Å². The summed E-state index contributed by atoms with van der Waals surface area (Å²) in [6, 6.07) is 35.2. The molecule has 0 aliphatic carbocycles. The lowest BCUT2D eigenvalue weighted by Crippen LogP contribution is -2.32. The quantitative estimate of drug-likeness (QED) is 0.224. The minimum absolute atomic E-state index is 0.0793. The van der Waals surface area contributed by atoms with Gasteiger partial charge < -0.3 is 9.47 Å². The predicted octanol–water partition coefficient (Wildman–Crippen LogP) is 7.64. The minimum Gasteiger partial charge on any atom is -0.493 e. The van der Waals surface area contributed by atoms with Gasteiger partial charge >= 0.3 is 0 Å². The van der Waals surface area contributed by atoms with Crippen LogP contribution in [-0.2, 0) is 11.4 Å². The normalized spacial score (nSPS) is 16.2. The van der Waals surface area contributed by atoms with Gasteiger partial charge in [0, 0.05) is 0 Å². The van der Waals surface area contributed by atoms with Crippen molar-refractivity contribution < 1.29 is 14.3 Å². The Labute approximate surface area is 227 Å². The highest BCUT2D eigenvalue weighted by atomic mass is 32.2. The molecule has 4 aromatic rings. The zero-order valence-electron chi connectivity index (χ0n) is 21.3. The smallest absolute Gasteiger partial charge is 0.267 e. The van der Waals surface area contributed by atoms with E-state index in [1.54, 1.807) is 12.0 Å². The van der Waals surface area contributed by atoms with E-state index in [1.165, 1.54) is 11.8 Å². The SMILES string of the molecule is COc1cc(/C=C2/SC(=Nc3ccccc3)N([C@@H](C)c3ccccc3)C2=O)ccc1OCc1ccccc1. The summed E-state index contributed by atoms with van der Waals surface area (Å²) >= 11 is 1.38. The highest BCUT2D eigenvalue weighted by Crippen LogP contribution is 2.40. The summed E-state index contributed by atoms with van der Waals surface area (Å²) in [7, 11) is 1.62. The number of amides is 1. The van der Waals surface area contributed by atoms with Crippen LogP contribution in [0.1, 0.15) is 29.7 Å². The van der Waals surface area contributed by atoms with Crippen LogP contribution in [0.5, 0.6) is 11.5 Å². The van der Waals surface area contributed by atoms with E-state index in [1.807, 2.05) is 122 Å². The molecule has 5 nitrogen and oxygen atoms in total. The number of rotatable bonds is 8. The van der Waals surface area contributed by atoms with Gasteiger partial charge in [-0.3, -0.25) is 9.69 Å². The second kappa shape index (κ2) is 11.8. The third kappa shape index (κ3) is 5.82. The molecule has 1 saturated heterocycles. The molecule has 0 aromatic heterocycles. The number of ether oxygens (including phenoxy) is 2. The van der Waals surface area contributed by atoms with E-state index in [2.05, 4.69) is 0 Å². The number of hydrogen-bond acceptors (Lipinski definition) is 5. The summed E-state index contributed by atoms with van der Waals surface area (Å²) in [4.78, 5) is 20.9. The van der Waals surface area contributed by atoms with E-state index < -0.39 is 0 Å². The highest BCUT2D eigenvalue weighted by Gasteiger charge is 2.37. The molecule has 190 valence electrons. The van der Waals surface area contributed by atoms with Crippen molar-refractivity contribution in [1.82, 2.24) is 4.90 Å². The average Bonchev–Trinajstić information content (AvgIpc) is 3.27. The number of carbonyl (C=O) groups is 1. The molecule has 38 heavy (non-hydrogen) atoms. The Morgan fingerprint density at radius 3 is 2.21 bits per heavy atom. The van der Waals surface area contributed by atoms with Gasteiger partial charge in [0.25, 0.3) is 5.91 Å². The number of carbonyl (C=O) groups excluding carboxylic acids is 1. The van der Waals surface area contributed by atoms with Crippen molar-refractivity contribution in [2.45, 2.75) is 19.6 Å². The number of amidine groups is 1. The Morgan fingerprint density at radius 2 is 1.53 bits per heavy atom. The molecule has 1 fully saturated rings. The summed E-state index contributed by atoms with van der Waals surface area (Å²) in [5.74, 6) is 1.18. The first-order valence-corrected chi connectivity index (χ1v) is 13.2. The van der Waals surface area contributed by atoms with Crippen molar-refractivity contribution in [3.8, 4) is 11.5 Å². The van der Waals surface area contributed by atoms with E-state index in [9.17, 15) is 4.79 Å². The molecule has 1 heterocycles. The maximum Gasteiger partial charge on any atom is 0.267 e. The summed E-state index contributed by atoms with van der Waals surface area (Å²) in [6.45, 7) is 2.47. The van der Waals surface area contributed by atoms with E-state index in [0.29, 0.717) is 28.2 Å². The van der Waals surface area contributed by atoms with Crippen LogP contribution in [-0.4, -0.2) is 23.1 Å². The number of methoxy groups -OCH3 is 1. The van der Waals surface area contributed by atoms with Crippen LogP contribution in [0.15, 0.2) is 119 Å². The zero-order chi connectivity index (χ0) is 26.3. The van der Waals surface area contributed by atoms with Crippen LogP contribution >= 0.6 is 11.8 Å². The average molecular weight is 521 g/mol. The van der Waals surface area contributed by atoms with E-state index in [-0.39, 0.29) is 11.9 Å². The van der Waals surface area contributed by atoms with Crippen LogP contribution in [0.3, 0.4) is 0 Å². The first kappa shape index (κ1) is 25.4. The molecule has 1 aliphatic rings. The van der Waals surface area contributed by atoms with Gasteiger partial charge in [-0.05, 0) is 65.7 Å². The van der Waals surface area contributed by atoms with Crippen LogP contribution in [0.2, 0.25) is 0 Å². The van der Waals surface area contributed by atoms with Gasteiger partial charge in [-0.15, -0.1) is 0 Å². The lowest BCUT2D eigenvalue weighted by molar-refractivity contribution is -0.123. The van der Waals surface area contributed by atoms with Crippen molar-refractivity contribution in [1.29, 1.82) is 0 Å². The van der Waals surface area contributed by atoms with Crippen LogP contribution in [0.4, 0.5) is 5.69 Å². The third-order valence-electron chi connectivity index (χ3n) is 6.21. The summed E-state index contributed by atoms with van der Waals surface area (Å²) < 4.78 is 11.6. The van der Waals surface area contributed by atoms with E-state index in [4.69, 9.17) is 14.5 Å². The third-order valence-corrected chi connectivity index (χ3v) is 7.19. The molecule has 1 aliphatic heterocycles. The minimum atomic E-state index is -0.173. The molecule has 5 rings (SSSR count). The van der Waals surface area contributed by atoms with E-state index >= 15 is 0 Å². The van der Waals surface area contributed by atoms with Gasteiger partial charge in [0.1, 0.15) is 6.61 Å². The second-order valence-electron chi connectivity index (χ2n) is 8.79. The maximum atomic E-state index is 13.7. The van der Waals surface area contributed by atoms with Crippen LogP contribution in [0.25, 0.3) is 6.08 Å². The van der Waals surface area contributed by atoms with Gasteiger partial charge in [-0.2, -0.15) is 0 Å². The first-order chi connectivity index (χ1) is 18.6. The standard InChI is InChI=1S/C32H28N2O3S/c1-23(26-14-8-4-9-15-26)34-31(35)30(38-32(34)33-27-16-10-5-11-17-27)21-25-18-19-28(29(20-25)36-2)37-22-24-12-6-3-7-13-24/h3-21,23H,22H2,1-2H3/b30-21+,33-32?/t23-/m0/s1. The highest BCUT2D eigenvalue weighted by molar-refractivity contribution is 8.18. The monoisotopic (exact) mass is 520 g/mol. The molecular formula is C32H28N2O3S. The van der Waals surface area contributed by atoms with Gasteiger partial charge in [0.05, 0.1) is 23.7 Å². The molecule has 4 aromatic carbocycles. The van der Waals surface area contributed by atoms with Crippen molar-refractivity contribution in [2.75, 3.05) is 7.11 Å². The molecular weight excluding hydrogens is 492 g/mol. The predicted molar refractivity (Wildman–Crippen MR) is 155 cm³/mol. The number of thioether (sulfide) groups is 1. The van der Waals surface area contributed by atoms with Crippen molar-refractivity contribution >= 4 is 34.6 Å². The summed E-state index contributed by atoms with van der Waals surface area (Å²) in [5.41, 5.74) is 3.77. The Balaban J connectivity index is 1.43. The van der Waals surface area contributed by atoms with E-state index in [0.717, 1.165) is 22.4 Å². The van der Waals surface area contributed by atoms with Crippen molar-refractivity contribution in [2.24, 2.45) is 4.99 Å². The second-order valence-corrected chi connectivity index (χ2v) is 9.80. The maximum absolute atomic E-state index is 13.7. The number of para-hydroxylation sites is 1. The Bertz CT molecular complexity index is 1450. The molecule has 0 radical (unpaired) electrons. The van der Waals surface area contributed by atoms with Gasteiger partial charge in [0.15, 0.2) is 16.7 Å². The Morgan fingerprint density at radius 1 is 0.868 bits per heavy atom. The number of hydrogen-bond donors (Lipinski definition) is 0.